The molecule has 0 saturated heterocycles. The Bertz CT molecular complexity index is 771. The van der Waals surface area contributed by atoms with Crippen molar-refractivity contribution < 1.29 is 15.0 Å². The smallest absolute Gasteiger partial charge is 0.220 e. The normalized spacial score (nSPS) is 13.5. The molecule has 4 nitrogen and oxygen atoms in total. The maximum Gasteiger partial charge on any atom is 0.220 e. The molecule has 0 aromatic carbocycles. The monoisotopic (exact) mass is 672 g/mol. The van der Waals surface area contributed by atoms with Crippen LogP contribution in [-0.2, 0) is 4.79 Å². The Labute approximate surface area is 299 Å². The molecule has 3 N–H and O–H groups in total. The van der Waals surface area contributed by atoms with E-state index in [4.69, 9.17) is 0 Å². The van der Waals surface area contributed by atoms with Crippen molar-refractivity contribution in [1.29, 1.82) is 0 Å². The van der Waals surface area contributed by atoms with Gasteiger partial charge in [0.15, 0.2) is 0 Å². The number of hydrogen-bond donors (Lipinski definition) is 3. The summed E-state index contributed by atoms with van der Waals surface area (Å²) in [5.41, 5.74) is 0. The Morgan fingerprint density at radius 1 is 0.500 bits per heavy atom. The van der Waals surface area contributed by atoms with Crippen molar-refractivity contribution in [3.63, 3.8) is 0 Å². The van der Waals surface area contributed by atoms with E-state index in [0.717, 1.165) is 38.5 Å². The molecule has 0 heterocycles. The Balaban J connectivity index is 3.52. The summed E-state index contributed by atoms with van der Waals surface area (Å²) in [5.74, 6) is -0.0802. The number of carbonyl (C=O) groups is 1. The van der Waals surface area contributed by atoms with E-state index >= 15 is 0 Å². The summed E-state index contributed by atoms with van der Waals surface area (Å²) in [4.78, 5) is 12.3. The van der Waals surface area contributed by atoms with Gasteiger partial charge in [0.05, 0.1) is 18.8 Å². The van der Waals surface area contributed by atoms with Crippen molar-refractivity contribution in [3.05, 3.63) is 48.6 Å². The minimum Gasteiger partial charge on any atom is -0.394 e. The molecule has 0 aliphatic carbocycles. The predicted molar refractivity (Wildman–Crippen MR) is 211 cm³/mol. The molecule has 280 valence electrons. The molecule has 0 radical (unpaired) electrons. The van der Waals surface area contributed by atoms with E-state index in [-0.39, 0.29) is 12.5 Å². The van der Waals surface area contributed by atoms with Crippen molar-refractivity contribution >= 4 is 5.91 Å². The average Bonchev–Trinajstić information content (AvgIpc) is 3.09. The van der Waals surface area contributed by atoms with Crippen molar-refractivity contribution in [3.8, 4) is 0 Å². The fourth-order valence-electron chi connectivity index (χ4n) is 6.05. The second-order valence-corrected chi connectivity index (χ2v) is 14.0. The minimum absolute atomic E-state index is 0.0802. The molecule has 0 aliphatic heterocycles. The molecule has 0 fully saturated rings. The number of amides is 1. The molecule has 2 unspecified atom stereocenters. The molecule has 0 spiro atoms. The van der Waals surface area contributed by atoms with Gasteiger partial charge in [-0.3, -0.25) is 4.79 Å². The third-order valence-electron chi connectivity index (χ3n) is 9.28. The second kappa shape index (κ2) is 39.8. The van der Waals surface area contributed by atoms with Crippen LogP contribution in [-0.4, -0.2) is 34.9 Å². The molecule has 1 amide bonds. The lowest BCUT2D eigenvalue weighted by Gasteiger charge is -2.19. The standard InChI is InChI=1S/C44H81NO3/c1-3-5-7-9-11-13-14-15-16-17-18-19-20-21-22-23-24-25-26-27-28-29-30-32-34-36-38-40-44(48)45-42(41-46)43(47)39-37-35-33-31-12-10-8-6-4-2/h12,18-19,21-22,31,37,39,42-43,46-47H,3-11,13-17,20,23-30,32-36,38,40-41H2,1-2H3,(H,45,48)/b19-18-,22-21-,31-12+,39-37+. The average molecular weight is 672 g/mol. The van der Waals surface area contributed by atoms with Gasteiger partial charge in [-0.05, 0) is 64.2 Å². The highest BCUT2D eigenvalue weighted by molar-refractivity contribution is 5.76. The number of unbranched alkanes of at least 4 members (excludes halogenated alkanes) is 24. The number of carbonyl (C=O) groups excluding carboxylic acids is 1. The Morgan fingerprint density at radius 3 is 1.38 bits per heavy atom. The summed E-state index contributed by atoms with van der Waals surface area (Å²) < 4.78 is 0. The van der Waals surface area contributed by atoms with Crippen molar-refractivity contribution in [1.82, 2.24) is 5.32 Å². The molecule has 48 heavy (non-hydrogen) atoms. The largest absolute Gasteiger partial charge is 0.394 e. The first kappa shape index (κ1) is 46.4. The highest BCUT2D eigenvalue weighted by Crippen LogP contribution is 2.14. The van der Waals surface area contributed by atoms with E-state index in [9.17, 15) is 15.0 Å². The molecule has 4 heteroatoms. The van der Waals surface area contributed by atoms with Gasteiger partial charge in [0, 0.05) is 6.42 Å². The summed E-state index contributed by atoms with van der Waals surface area (Å²) in [6.07, 6.45) is 53.7. The number of rotatable bonds is 37. The molecular formula is C44H81NO3. The van der Waals surface area contributed by atoms with Crippen LogP contribution >= 0.6 is 0 Å². The summed E-state index contributed by atoms with van der Waals surface area (Å²) in [7, 11) is 0. The van der Waals surface area contributed by atoms with Gasteiger partial charge in [-0.15, -0.1) is 0 Å². The molecule has 2 atom stereocenters. The third kappa shape index (κ3) is 35.7. The molecule has 0 bridgehead atoms. The van der Waals surface area contributed by atoms with Crippen molar-refractivity contribution in [2.75, 3.05) is 6.61 Å². The summed E-state index contributed by atoms with van der Waals surface area (Å²) >= 11 is 0. The summed E-state index contributed by atoms with van der Waals surface area (Å²) in [5, 5.41) is 22.8. The minimum atomic E-state index is -0.860. The van der Waals surface area contributed by atoms with Crippen LogP contribution < -0.4 is 5.32 Å². The van der Waals surface area contributed by atoms with E-state index in [0.29, 0.717) is 6.42 Å². The second-order valence-electron chi connectivity index (χ2n) is 14.0. The van der Waals surface area contributed by atoms with E-state index in [1.807, 2.05) is 6.08 Å². The van der Waals surface area contributed by atoms with Crippen LogP contribution in [0, 0.1) is 0 Å². The Morgan fingerprint density at radius 2 is 0.875 bits per heavy atom. The molecule has 0 rings (SSSR count). The highest BCUT2D eigenvalue weighted by Gasteiger charge is 2.17. The van der Waals surface area contributed by atoms with Crippen LogP contribution in [0.1, 0.15) is 206 Å². The fraction of sp³-hybridized carbons (Fsp3) is 0.795. The van der Waals surface area contributed by atoms with Crippen molar-refractivity contribution in [2.24, 2.45) is 0 Å². The van der Waals surface area contributed by atoms with Crippen LogP contribution in [0.15, 0.2) is 48.6 Å². The molecular weight excluding hydrogens is 590 g/mol. The lowest BCUT2D eigenvalue weighted by molar-refractivity contribution is -0.123. The van der Waals surface area contributed by atoms with Crippen LogP contribution in [0.4, 0.5) is 0 Å². The maximum absolute atomic E-state index is 12.3. The number of nitrogens with one attached hydrogen (secondary N) is 1. The number of hydrogen-bond acceptors (Lipinski definition) is 3. The Kier molecular flexibility index (Phi) is 38.4. The topological polar surface area (TPSA) is 69.6 Å². The zero-order valence-electron chi connectivity index (χ0n) is 32.0. The van der Waals surface area contributed by atoms with Gasteiger partial charge in [-0.25, -0.2) is 0 Å². The highest BCUT2D eigenvalue weighted by atomic mass is 16.3. The number of aliphatic hydroxyl groups is 2. The van der Waals surface area contributed by atoms with E-state index in [1.165, 1.54) is 148 Å². The summed E-state index contributed by atoms with van der Waals surface area (Å²) in [6.45, 7) is 4.24. The zero-order chi connectivity index (χ0) is 35.0. The lowest BCUT2D eigenvalue weighted by atomic mass is 10.0. The van der Waals surface area contributed by atoms with E-state index in [1.54, 1.807) is 6.08 Å². The molecule has 0 aromatic rings. The van der Waals surface area contributed by atoms with Gasteiger partial charge in [0.25, 0.3) is 0 Å². The van der Waals surface area contributed by atoms with Crippen LogP contribution in [0.25, 0.3) is 0 Å². The van der Waals surface area contributed by atoms with Gasteiger partial charge in [-0.2, -0.15) is 0 Å². The first-order chi connectivity index (χ1) is 23.7. The Hall–Kier alpha value is -1.65. The van der Waals surface area contributed by atoms with Gasteiger partial charge in [0.2, 0.25) is 5.91 Å². The lowest BCUT2D eigenvalue weighted by Crippen LogP contribution is -2.45. The predicted octanol–water partition coefficient (Wildman–Crippen LogP) is 12.8. The molecule has 0 saturated carbocycles. The quantitative estimate of drug-likeness (QED) is 0.0455. The summed E-state index contributed by atoms with van der Waals surface area (Å²) in [6, 6.07) is -0.638. The first-order valence-electron chi connectivity index (χ1n) is 20.9. The number of allylic oxidation sites excluding steroid dienone is 7. The van der Waals surface area contributed by atoms with Gasteiger partial charge in [-0.1, -0.05) is 184 Å². The van der Waals surface area contributed by atoms with Crippen molar-refractivity contribution in [2.45, 2.75) is 219 Å². The fourth-order valence-corrected chi connectivity index (χ4v) is 6.05. The molecule has 0 aromatic heterocycles. The SMILES string of the molecule is CCCCC/C=C/CC/C=C/C(O)C(CO)NC(=O)CCCCCCCCCCCCC/C=C\C/C=C\CCCCCCCCCCC. The number of aliphatic hydroxyl groups excluding tert-OH is 2. The molecule has 0 aliphatic rings. The maximum atomic E-state index is 12.3. The van der Waals surface area contributed by atoms with Crippen LogP contribution in [0.5, 0.6) is 0 Å². The third-order valence-corrected chi connectivity index (χ3v) is 9.28. The van der Waals surface area contributed by atoms with Gasteiger partial charge < -0.3 is 15.5 Å². The van der Waals surface area contributed by atoms with Crippen LogP contribution in [0.2, 0.25) is 0 Å². The van der Waals surface area contributed by atoms with Crippen LogP contribution in [0.3, 0.4) is 0 Å². The van der Waals surface area contributed by atoms with E-state index < -0.39 is 12.1 Å². The van der Waals surface area contributed by atoms with E-state index in [2.05, 4.69) is 55.6 Å². The zero-order valence-corrected chi connectivity index (χ0v) is 32.0. The van der Waals surface area contributed by atoms with Gasteiger partial charge >= 0.3 is 0 Å². The first-order valence-corrected chi connectivity index (χ1v) is 20.9. The van der Waals surface area contributed by atoms with Gasteiger partial charge in [0.1, 0.15) is 0 Å².